The fraction of sp³-hybridized carbons (Fsp3) is 0.195. The quantitative estimate of drug-likeness (QED) is 0.0914. The Hall–Kier alpha value is -10.1. The van der Waals surface area contributed by atoms with Crippen molar-refractivity contribution in [3.05, 3.63) is 307 Å². The van der Waals surface area contributed by atoms with E-state index in [-0.39, 0.29) is 58.6 Å². The number of fused-ring (bicyclic) bond motifs is 8. The molecular formula is C87H77F5N12S8. The van der Waals surface area contributed by atoms with Gasteiger partial charge in [-0.25, -0.2) is 17.6 Å². The SMILES string of the molecule is CC1=NC(c2cc(C)sc2C)c2cc(F)ccc2N1.CC1=NC(c2cc(C)sc2C)c2ccc(F)cc2N1.Cc1cc(C2N=CNc3ccsc32)c(C)s1.Cc1cc(C2N=CNc3sccc32)c(C)s1.Cc1sc2ccccc2c1C1N=CNc2cc(F)ccc21.Fc1ccc2c(c1)NC=NC2c1c(F)sc2ccccc12. The minimum absolute atomic E-state index is 0.0261. The number of rotatable bonds is 6. The fourth-order valence-corrected chi connectivity index (χ4v) is 22.3. The number of hydrogen-bond acceptors (Lipinski definition) is 20. The number of thiophene rings is 8. The van der Waals surface area contributed by atoms with Crippen LogP contribution in [0.15, 0.2) is 198 Å². The normalized spacial score (nSPS) is 17.5. The van der Waals surface area contributed by atoms with Crippen LogP contribution in [0.25, 0.3) is 20.2 Å². The average molecular weight is 1640 g/mol. The number of nitrogens with one attached hydrogen (secondary N) is 6. The summed E-state index contributed by atoms with van der Waals surface area (Å²) in [6.07, 6.45) is 6.79. The number of aryl methyl sites for hydroxylation is 9. The third-order valence-electron chi connectivity index (χ3n) is 19.6. The van der Waals surface area contributed by atoms with Crippen LogP contribution in [0.1, 0.15) is 160 Å². The summed E-state index contributed by atoms with van der Waals surface area (Å²) in [6, 6.07) is 47.8. The Kier molecular flexibility index (Phi) is 23.0. The highest BCUT2D eigenvalue weighted by Crippen LogP contribution is 2.48. The molecule has 568 valence electrons. The predicted octanol–water partition coefficient (Wildman–Crippen LogP) is 26.4. The van der Waals surface area contributed by atoms with Gasteiger partial charge in [0.25, 0.3) is 0 Å². The van der Waals surface area contributed by atoms with Gasteiger partial charge in [-0.15, -0.1) is 90.7 Å². The van der Waals surface area contributed by atoms with E-state index in [0.717, 1.165) is 72.4 Å². The largest absolute Gasteiger partial charge is 0.346 e. The zero-order chi connectivity index (χ0) is 78.2. The topological polar surface area (TPSA) is 146 Å². The molecule has 0 bridgehead atoms. The van der Waals surface area contributed by atoms with Crippen LogP contribution in [0.5, 0.6) is 0 Å². The number of aliphatic imine (C=N–C) groups is 6. The van der Waals surface area contributed by atoms with Gasteiger partial charge in [0.2, 0.25) is 0 Å². The van der Waals surface area contributed by atoms with Crippen LogP contribution in [0.3, 0.4) is 0 Å². The van der Waals surface area contributed by atoms with E-state index in [1.807, 2.05) is 91.7 Å². The Morgan fingerprint density at radius 3 is 1.28 bits per heavy atom. The van der Waals surface area contributed by atoms with Crippen molar-refractivity contribution in [2.45, 2.75) is 112 Å². The van der Waals surface area contributed by atoms with E-state index in [2.05, 4.69) is 190 Å². The molecule has 0 spiro atoms. The first kappa shape index (κ1) is 77.2. The fourth-order valence-electron chi connectivity index (χ4n) is 14.7. The highest BCUT2D eigenvalue weighted by atomic mass is 32.1. The van der Waals surface area contributed by atoms with Crippen molar-refractivity contribution in [1.29, 1.82) is 0 Å². The van der Waals surface area contributed by atoms with Crippen LogP contribution >= 0.6 is 90.7 Å². The molecule has 112 heavy (non-hydrogen) atoms. The molecule has 6 unspecified atom stereocenters. The van der Waals surface area contributed by atoms with E-state index in [9.17, 15) is 22.0 Å². The van der Waals surface area contributed by atoms with Crippen molar-refractivity contribution in [3.63, 3.8) is 0 Å². The number of hydrogen-bond donors (Lipinski definition) is 6. The van der Waals surface area contributed by atoms with Crippen LogP contribution in [0, 0.1) is 90.7 Å². The van der Waals surface area contributed by atoms with Gasteiger partial charge >= 0.3 is 0 Å². The molecule has 6 aromatic carbocycles. The van der Waals surface area contributed by atoms with Gasteiger partial charge in [0.1, 0.15) is 59.5 Å². The van der Waals surface area contributed by atoms with Gasteiger partial charge in [-0.05, 0) is 218 Å². The molecule has 20 rings (SSSR count). The van der Waals surface area contributed by atoms with Crippen molar-refractivity contribution in [3.8, 4) is 0 Å². The highest BCUT2D eigenvalue weighted by Gasteiger charge is 2.31. The predicted molar refractivity (Wildman–Crippen MR) is 471 cm³/mol. The number of anilines is 6. The third-order valence-corrected chi connectivity index (χ3v) is 27.5. The van der Waals surface area contributed by atoms with Crippen molar-refractivity contribution >= 4 is 181 Å². The second-order valence-corrected chi connectivity index (χ2v) is 37.4. The smallest absolute Gasteiger partial charge is 0.183 e. The first-order valence-corrected chi connectivity index (χ1v) is 42.7. The molecule has 0 saturated carbocycles. The Bertz CT molecular complexity index is 5810. The third kappa shape index (κ3) is 16.4. The van der Waals surface area contributed by atoms with Crippen molar-refractivity contribution < 1.29 is 22.0 Å². The standard InChI is InChI=1S/C17H13FN2S.C16H10F2N2S.2C15H15FN2S.2C12H12N2S2/c1-10-16(13-4-2-3-5-15(13)21-10)17-12-7-6-11(18)8-14(12)19-9-20-17;17-9-5-6-10-12(7-9)19-8-20-15(10)14-11-3-1-2-4-13(11)21-16(14)18;1-8-6-12(9(2)19-8)15-13-7-11(16)4-5-14(13)17-10(3)18-15;1-8-6-13(9(2)19-8)15-12-5-4-11(16)7-14(12)17-10(3)18-15;1-7-5-9(8(2)16-7)11-12-10(3-4-15-12)13-6-14-11;1-7-5-10(8(2)16-7)11-9-3-4-15-12(9)14-6-13-11/h2-9,17H,1H3,(H,19,20);1-8,15H,(H,19,20);2*4-7,15H,1-3H3,(H,17,18);2*3-6,11H,1-2H3,(H,13,14). The van der Waals surface area contributed by atoms with Crippen molar-refractivity contribution in [2.24, 2.45) is 30.0 Å². The van der Waals surface area contributed by atoms with E-state index in [4.69, 9.17) is 0 Å². The molecule has 14 aromatic rings. The molecule has 8 aromatic heterocycles. The maximum absolute atomic E-state index is 14.4. The van der Waals surface area contributed by atoms with E-state index in [1.54, 1.807) is 81.2 Å². The lowest BCUT2D eigenvalue weighted by Gasteiger charge is -2.24. The molecule has 0 saturated heterocycles. The molecule has 14 heterocycles. The maximum Gasteiger partial charge on any atom is 0.183 e. The average Bonchev–Trinajstić information content (AvgIpc) is 1.70. The summed E-state index contributed by atoms with van der Waals surface area (Å²) in [7, 11) is 0. The van der Waals surface area contributed by atoms with Gasteiger partial charge in [0.05, 0.1) is 52.6 Å². The minimum Gasteiger partial charge on any atom is -0.346 e. The molecule has 6 aliphatic heterocycles. The summed E-state index contributed by atoms with van der Waals surface area (Å²) in [5, 5.41) is 26.0. The Balaban J connectivity index is 0.000000107. The first-order valence-electron chi connectivity index (χ1n) is 36.1. The lowest BCUT2D eigenvalue weighted by Crippen LogP contribution is -2.18. The van der Waals surface area contributed by atoms with Crippen LogP contribution in [-0.4, -0.2) is 37.0 Å². The summed E-state index contributed by atoms with van der Waals surface area (Å²) in [5.41, 5.74) is 16.3. The molecular weight excluding hydrogens is 1560 g/mol. The Morgan fingerprint density at radius 1 is 0.304 bits per heavy atom. The Labute approximate surface area is 678 Å². The van der Waals surface area contributed by atoms with Crippen LogP contribution in [0.4, 0.5) is 55.4 Å². The molecule has 12 nitrogen and oxygen atoms in total. The van der Waals surface area contributed by atoms with E-state index >= 15 is 0 Å². The summed E-state index contributed by atoms with van der Waals surface area (Å²) in [4.78, 5) is 40.6. The summed E-state index contributed by atoms with van der Waals surface area (Å²) in [6.45, 7) is 23.0. The Morgan fingerprint density at radius 2 is 0.723 bits per heavy atom. The van der Waals surface area contributed by atoms with Crippen LogP contribution in [-0.2, 0) is 0 Å². The van der Waals surface area contributed by atoms with E-state index in [1.165, 1.54) is 152 Å². The molecule has 25 heteroatoms. The number of halogens is 5. The van der Waals surface area contributed by atoms with Gasteiger partial charge in [0.15, 0.2) is 5.13 Å². The van der Waals surface area contributed by atoms with Gasteiger partial charge in [-0.2, -0.15) is 4.39 Å². The first-order chi connectivity index (χ1) is 54.1. The number of nitrogens with zero attached hydrogens (tertiary/aromatic N) is 6. The monoisotopic (exact) mass is 1640 g/mol. The van der Waals surface area contributed by atoms with Gasteiger partial charge in [0, 0.05) is 120 Å². The molecule has 0 amide bonds. The molecule has 0 fully saturated rings. The van der Waals surface area contributed by atoms with Crippen LogP contribution < -0.4 is 31.9 Å². The summed E-state index contributed by atoms with van der Waals surface area (Å²) >= 11 is 13.6. The minimum atomic E-state index is -0.446. The molecule has 6 atom stereocenters. The van der Waals surface area contributed by atoms with Gasteiger partial charge in [-0.1, -0.05) is 54.6 Å². The molecule has 6 aliphatic rings. The zero-order valence-electron chi connectivity index (χ0n) is 62.8. The second-order valence-electron chi connectivity index (χ2n) is 27.4. The van der Waals surface area contributed by atoms with E-state index < -0.39 is 6.04 Å². The van der Waals surface area contributed by atoms with Crippen molar-refractivity contribution in [2.75, 3.05) is 31.9 Å². The molecule has 0 aliphatic carbocycles. The van der Waals surface area contributed by atoms with Crippen LogP contribution in [0.2, 0.25) is 0 Å². The highest BCUT2D eigenvalue weighted by molar-refractivity contribution is 7.19. The number of benzene rings is 6. The van der Waals surface area contributed by atoms with Gasteiger partial charge in [-0.3, -0.25) is 30.0 Å². The van der Waals surface area contributed by atoms with E-state index in [0.29, 0.717) is 11.3 Å². The second kappa shape index (κ2) is 33.3. The molecule has 0 radical (unpaired) electrons. The van der Waals surface area contributed by atoms with Crippen molar-refractivity contribution in [1.82, 2.24) is 0 Å². The van der Waals surface area contributed by atoms with Gasteiger partial charge < -0.3 is 31.9 Å². The summed E-state index contributed by atoms with van der Waals surface area (Å²) < 4.78 is 70.2. The lowest BCUT2D eigenvalue weighted by atomic mass is 9.94. The lowest BCUT2D eigenvalue weighted by molar-refractivity contribution is 0.622. The summed E-state index contributed by atoms with van der Waals surface area (Å²) in [5.74, 6) is 0.690. The number of amidine groups is 2. The zero-order valence-corrected chi connectivity index (χ0v) is 69.3. The maximum atomic E-state index is 14.4. The molecule has 6 N–H and O–H groups in total.